The van der Waals surface area contributed by atoms with Gasteiger partial charge < -0.3 is 9.52 Å². The number of aliphatic hydroxyl groups is 1. The van der Waals surface area contributed by atoms with E-state index in [1.165, 1.54) is 0 Å². The van der Waals surface area contributed by atoms with Gasteiger partial charge in [0.1, 0.15) is 11.4 Å². The van der Waals surface area contributed by atoms with E-state index in [1.54, 1.807) is 17.1 Å². The third kappa shape index (κ3) is 1.58. The molecule has 2 aromatic heterocycles. The topological polar surface area (TPSA) is 64.1 Å². The monoisotopic (exact) mass is 247 g/mol. The van der Waals surface area contributed by atoms with Crippen molar-refractivity contribution in [3.63, 3.8) is 0 Å². The molecule has 0 radical (unpaired) electrons. The van der Waals surface area contributed by atoms with Gasteiger partial charge in [0.05, 0.1) is 18.2 Å². The third-order valence-electron chi connectivity index (χ3n) is 3.61. The van der Waals surface area contributed by atoms with Crippen molar-refractivity contribution in [2.24, 2.45) is 0 Å². The van der Waals surface area contributed by atoms with E-state index in [4.69, 9.17) is 4.42 Å². The average Bonchev–Trinajstić information content (AvgIpc) is 2.98. The van der Waals surface area contributed by atoms with Gasteiger partial charge >= 0.3 is 0 Å². The molecule has 0 bridgehead atoms. The molecule has 1 aliphatic rings. The fraction of sp³-hybridized carbons (Fsp3) is 0.538. The summed E-state index contributed by atoms with van der Waals surface area (Å²) in [6, 6.07) is 1.86. The summed E-state index contributed by atoms with van der Waals surface area (Å²) in [6.07, 6.45) is 6.77. The quantitative estimate of drug-likeness (QED) is 0.899. The first-order valence-electron chi connectivity index (χ1n) is 6.44. The van der Waals surface area contributed by atoms with Gasteiger partial charge in [-0.05, 0) is 25.3 Å². The van der Waals surface area contributed by atoms with Crippen molar-refractivity contribution >= 4 is 0 Å². The Hall–Kier alpha value is -1.62. The maximum Gasteiger partial charge on any atom is 0.136 e. The van der Waals surface area contributed by atoms with Gasteiger partial charge in [0.2, 0.25) is 0 Å². The highest BCUT2D eigenvalue weighted by atomic mass is 16.3. The molecule has 1 aliphatic carbocycles. The van der Waals surface area contributed by atoms with E-state index in [0.717, 1.165) is 42.8 Å². The zero-order valence-corrected chi connectivity index (χ0v) is 10.5. The van der Waals surface area contributed by atoms with Gasteiger partial charge in [-0.2, -0.15) is 0 Å². The number of hydrogen-bond acceptors (Lipinski definition) is 4. The van der Waals surface area contributed by atoms with Crippen molar-refractivity contribution < 1.29 is 9.52 Å². The number of furan rings is 1. The number of aromatic nitrogens is 3. The summed E-state index contributed by atoms with van der Waals surface area (Å²) >= 11 is 0. The number of fused-ring (bicyclic) bond motifs is 1. The Kier molecular flexibility index (Phi) is 2.70. The second kappa shape index (κ2) is 4.24. The summed E-state index contributed by atoms with van der Waals surface area (Å²) in [6.45, 7) is 2.85. The van der Waals surface area contributed by atoms with Crippen LogP contribution in [0.1, 0.15) is 43.2 Å². The molecule has 3 rings (SSSR count). The summed E-state index contributed by atoms with van der Waals surface area (Å²) in [5, 5.41) is 19.0. The van der Waals surface area contributed by atoms with E-state index < -0.39 is 5.60 Å². The lowest BCUT2D eigenvalue weighted by Crippen LogP contribution is -2.33. The highest BCUT2D eigenvalue weighted by molar-refractivity contribution is 5.35. The first-order valence-corrected chi connectivity index (χ1v) is 6.44. The molecule has 1 unspecified atom stereocenters. The molecule has 0 aliphatic heterocycles. The first-order chi connectivity index (χ1) is 8.75. The lowest BCUT2D eigenvalue weighted by atomic mass is 9.81. The molecule has 0 spiro atoms. The van der Waals surface area contributed by atoms with E-state index in [9.17, 15) is 5.11 Å². The Morgan fingerprint density at radius 1 is 1.56 bits per heavy atom. The Bertz CT molecular complexity index is 546. The van der Waals surface area contributed by atoms with Crippen LogP contribution in [0.5, 0.6) is 0 Å². The second-order valence-electron chi connectivity index (χ2n) is 4.81. The van der Waals surface area contributed by atoms with Gasteiger partial charge in [-0.3, -0.25) is 0 Å². The minimum Gasteiger partial charge on any atom is -0.469 e. The van der Waals surface area contributed by atoms with Crippen LogP contribution in [-0.4, -0.2) is 20.1 Å². The molecular formula is C13H17N3O2. The molecule has 0 aromatic carbocycles. The SMILES string of the molecule is CCCn1nncc1C1(O)CCCc2occc21. The number of rotatable bonds is 3. The Morgan fingerprint density at radius 3 is 3.28 bits per heavy atom. The van der Waals surface area contributed by atoms with Gasteiger partial charge in [-0.1, -0.05) is 12.1 Å². The summed E-state index contributed by atoms with van der Waals surface area (Å²) < 4.78 is 7.23. The standard InChI is InChI=1S/C13H17N3O2/c1-2-7-16-12(9-14-15-16)13(17)6-3-4-11-10(13)5-8-18-11/h5,8-9,17H,2-4,6-7H2,1H3. The smallest absolute Gasteiger partial charge is 0.136 e. The minimum absolute atomic E-state index is 0.691. The summed E-state index contributed by atoms with van der Waals surface area (Å²) in [4.78, 5) is 0. The number of aryl methyl sites for hydroxylation is 2. The largest absolute Gasteiger partial charge is 0.469 e. The van der Waals surface area contributed by atoms with Crippen LogP contribution >= 0.6 is 0 Å². The van der Waals surface area contributed by atoms with Gasteiger partial charge in [0.15, 0.2) is 0 Å². The van der Waals surface area contributed by atoms with E-state index in [0.29, 0.717) is 6.42 Å². The van der Waals surface area contributed by atoms with Gasteiger partial charge in [0, 0.05) is 18.5 Å². The lowest BCUT2D eigenvalue weighted by Gasteiger charge is -2.31. The predicted molar refractivity (Wildman–Crippen MR) is 65.0 cm³/mol. The number of hydrogen-bond donors (Lipinski definition) is 1. The molecule has 18 heavy (non-hydrogen) atoms. The van der Waals surface area contributed by atoms with Crippen molar-refractivity contribution in [3.05, 3.63) is 35.5 Å². The Balaban J connectivity index is 2.08. The van der Waals surface area contributed by atoms with Crippen LogP contribution < -0.4 is 0 Å². The molecule has 1 atom stereocenters. The van der Waals surface area contributed by atoms with E-state index in [2.05, 4.69) is 17.2 Å². The maximum atomic E-state index is 11.0. The molecule has 0 saturated heterocycles. The van der Waals surface area contributed by atoms with Crippen LogP contribution in [0, 0.1) is 0 Å². The lowest BCUT2D eigenvalue weighted by molar-refractivity contribution is 0.0495. The zero-order valence-electron chi connectivity index (χ0n) is 10.5. The average molecular weight is 247 g/mol. The molecule has 2 aromatic rings. The van der Waals surface area contributed by atoms with Crippen LogP contribution in [0.25, 0.3) is 0 Å². The molecule has 0 saturated carbocycles. The minimum atomic E-state index is -1.00. The Morgan fingerprint density at radius 2 is 2.44 bits per heavy atom. The fourth-order valence-electron chi connectivity index (χ4n) is 2.76. The predicted octanol–water partition coefficient (Wildman–Crippen LogP) is 1.85. The van der Waals surface area contributed by atoms with Gasteiger partial charge in [-0.15, -0.1) is 5.10 Å². The normalized spacial score (nSPS) is 23.0. The molecule has 5 nitrogen and oxygen atoms in total. The summed E-state index contributed by atoms with van der Waals surface area (Å²) in [7, 11) is 0. The van der Waals surface area contributed by atoms with Crippen molar-refractivity contribution in [2.75, 3.05) is 0 Å². The number of nitrogens with zero attached hydrogens (tertiary/aromatic N) is 3. The first kappa shape index (κ1) is 11.5. The van der Waals surface area contributed by atoms with Crippen LogP contribution in [-0.2, 0) is 18.6 Å². The van der Waals surface area contributed by atoms with Crippen molar-refractivity contribution in [1.82, 2.24) is 15.0 Å². The maximum absolute atomic E-state index is 11.0. The zero-order chi connectivity index (χ0) is 12.6. The molecule has 96 valence electrons. The van der Waals surface area contributed by atoms with Crippen LogP contribution in [0.15, 0.2) is 22.9 Å². The van der Waals surface area contributed by atoms with Gasteiger partial charge in [-0.25, -0.2) is 4.68 Å². The molecule has 0 fully saturated rings. The van der Waals surface area contributed by atoms with Crippen LogP contribution in [0.2, 0.25) is 0 Å². The van der Waals surface area contributed by atoms with Crippen molar-refractivity contribution in [2.45, 2.75) is 44.8 Å². The van der Waals surface area contributed by atoms with Crippen LogP contribution in [0.3, 0.4) is 0 Å². The second-order valence-corrected chi connectivity index (χ2v) is 4.81. The highest BCUT2D eigenvalue weighted by Crippen LogP contribution is 2.40. The molecule has 1 N–H and O–H groups in total. The molecule has 2 heterocycles. The fourth-order valence-corrected chi connectivity index (χ4v) is 2.76. The van der Waals surface area contributed by atoms with Crippen molar-refractivity contribution in [1.29, 1.82) is 0 Å². The van der Waals surface area contributed by atoms with E-state index >= 15 is 0 Å². The summed E-state index contributed by atoms with van der Waals surface area (Å²) in [5.74, 6) is 0.882. The third-order valence-corrected chi connectivity index (χ3v) is 3.61. The Labute approximate surface area is 105 Å². The summed E-state index contributed by atoms with van der Waals surface area (Å²) in [5.41, 5.74) is 0.638. The van der Waals surface area contributed by atoms with Gasteiger partial charge in [0.25, 0.3) is 0 Å². The molecular weight excluding hydrogens is 230 g/mol. The van der Waals surface area contributed by atoms with Crippen LogP contribution in [0.4, 0.5) is 0 Å². The van der Waals surface area contributed by atoms with E-state index in [1.807, 2.05) is 6.07 Å². The molecule has 0 amide bonds. The van der Waals surface area contributed by atoms with E-state index in [-0.39, 0.29) is 0 Å². The molecule has 5 heteroatoms. The highest BCUT2D eigenvalue weighted by Gasteiger charge is 2.40. The van der Waals surface area contributed by atoms with Crippen molar-refractivity contribution in [3.8, 4) is 0 Å².